The van der Waals surface area contributed by atoms with E-state index in [1.807, 2.05) is 0 Å². The highest BCUT2D eigenvalue weighted by molar-refractivity contribution is 6.03. The number of aromatic nitrogens is 3. The third-order valence-electron chi connectivity index (χ3n) is 10.9. The van der Waals surface area contributed by atoms with Gasteiger partial charge in [-0.05, 0) is 61.7 Å². The number of fused-ring (bicyclic) bond motifs is 3. The first kappa shape index (κ1) is 32.1. The molecule has 4 aromatic rings. The summed E-state index contributed by atoms with van der Waals surface area (Å²) in [6, 6.07) is 6.10. The minimum absolute atomic E-state index is 0.0234. The van der Waals surface area contributed by atoms with Gasteiger partial charge in [-0.3, -0.25) is 9.88 Å². The molecule has 9 nitrogen and oxygen atoms in total. The molecule has 4 fully saturated rings. The molecule has 3 unspecified atom stereocenters. The van der Waals surface area contributed by atoms with Crippen LogP contribution in [-0.4, -0.2) is 90.2 Å². The van der Waals surface area contributed by atoms with Gasteiger partial charge in [0.1, 0.15) is 28.6 Å². The zero-order valence-corrected chi connectivity index (χ0v) is 27.8. The van der Waals surface area contributed by atoms with Crippen LogP contribution in [0.15, 0.2) is 30.5 Å². The average Bonchev–Trinajstić information content (AvgIpc) is 3.40. The van der Waals surface area contributed by atoms with E-state index in [1.54, 1.807) is 6.20 Å². The molecule has 1 N–H and O–H groups in total. The van der Waals surface area contributed by atoms with Crippen LogP contribution in [0, 0.1) is 41.2 Å². The number of aromatic hydroxyl groups is 1. The SMILES string of the molecule is C#Cc1c(F)ccc2cc(O)cc(-c3ncc4c(N5CCOCC(C)C5)nc(OCC56CCCC5N(CC5COC5)CCC6)nc4c3F)c12. The number of piperidine rings is 1. The van der Waals surface area contributed by atoms with Crippen molar-refractivity contribution in [3.63, 3.8) is 0 Å². The number of hydrogen-bond acceptors (Lipinski definition) is 9. The minimum atomic E-state index is -0.729. The maximum atomic E-state index is 17.0. The molecule has 3 atom stereocenters. The van der Waals surface area contributed by atoms with Gasteiger partial charge in [0.25, 0.3) is 0 Å². The van der Waals surface area contributed by atoms with Gasteiger partial charge >= 0.3 is 6.01 Å². The summed E-state index contributed by atoms with van der Waals surface area (Å²) in [5, 5.41) is 11.8. The van der Waals surface area contributed by atoms with Crippen molar-refractivity contribution in [2.45, 2.75) is 45.1 Å². The summed E-state index contributed by atoms with van der Waals surface area (Å²) in [5.41, 5.74) is 0.0547. The highest BCUT2D eigenvalue weighted by Gasteiger charge is 2.49. The molecular formula is C38H41F2N5O4. The van der Waals surface area contributed by atoms with E-state index >= 15 is 4.39 Å². The van der Waals surface area contributed by atoms with E-state index in [1.165, 1.54) is 24.3 Å². The fourth-order valence-electron chi connectivity index (χ4n) is 8.60. The number of ether oxygens (including phenoxy) is 3. The Kier molecular flexibility index (Phi) is 8.50. The van der Waals surface area contributed by atoms with Crippen LogP contribution in [0.2, 0.25) is 0 Å². The number of halogens is 2. The topological polar surface area (TPSA) is 93.1 Å². The van der Waals surface area contributed by atoms with Gasteiger partial charge in [-0.2, -0.15) is 9.97 Å². The molecule has 4 aliphatic rings. The van der Waals surface area contributed by atoms with Crippen molar-refractivity contribution in [1.29, 1.82) is 0 Å². The zero-order chi connectivity index (χ0) is 33.7. The van der Waals surface area contributed by atoms with Gasteiger partial charge in [-0.15, -0.1) is 6.42 Å². The molecule has 49 heavy (non-hydrogen) atoms. The summed E-state index contributed by atoms with van der Waals surface area (Å²) in [4.78, 5) is 18.9. The van der Waals surface area contributed by atoms with Crippen molar-refractivity contribution in [1.82, 2.24) is 19.9 Å². The lowest BCUT2D eigenvalue weighted by Crippen LogP contribution is -2.54. The molecule has 0 radical (unpaired) electrons. The first-order valence-electron chi connectivity index (χ1n) is 17.4. The Morgan fingerprint density at radius 2 is 1.96 bits per heavy atom. The summed E-state index contributed by atoms with van der Waals surface area (Å²) in [6.07, 6.45) is 12.8. The highest BCUT2D eigenvalue weighted by atomic mass is 19.1. The summed E-state index contributed by atoms with van der Waals surface area (Å²) in [6.45, 7) is 8.69. The maximum Gasteiger partial charge on any atom is 0.319 e. The Balaban J connectivity index is 1.22. The van der Waals surface area contributed by atoms with Crippen LogP contribution < -0.4 is 9.64 Å². The number of likely N-dealkylation sites (tertiary alicyclic amines) is 1. The monoisotopic (exact) mass is 669 g/mol. The Bertz CT molecular complexity index is 1950. The molecule has 1 saturated carbocycles. The number of nitrogens with zero attached hydrogens (tertiary/aromatic N) is 5. The summed E-state index contributed by atoms with van der Waals surface area (Å²) >= 11 is 0. The van der Waals surface area contributed by atoms with Crippen LogP contribution in [0.5, 0.6) is 11.8 Å². The fourth-order valence-corrected chi connectivity index (χ4v) is 8.60. The maximum absolute atomic E-state index is 17.0. The van der Waals surface area contributed by atoms with Gasteiger partial charge in [0.05, 0.1) is 44.0 Å². The molecule has 256 valence electrons. The number of phenols is 1. The number of phenolic OH excluding ortho intramolecular Hbond substituents is 1. The largest absolute Gasteiger partial charge is 0.508 e. The first-order chi connectivity index (χ1) is 23.8. The molecule has 2 aromatic carbocycles. The summed E-state index contributed by atoms with van der Waals surface area (Å²) < 4.78 is 49.7. The predicted molar refractivity (Wildman–Crippen MR) is 183 cm³/mol. The molecular weight excluding hydrogens is 628 g/mol. The Hall–Kier alpha value is -4.11. The van der Waals surface area contributed by atoms with Crippen LogP contribution in [0.4, 0.5) is 14.6 Å². The molecule has 0 amide bonds. The van der Waals surface area contributed by atoms with Gasteiger partial charge in [0, 0.05) is 54.2 Å². The average molecular weight is 670 g/mol. The van der Waals surface area contributed by atoms with E-state index in [2.05, 4.69) is 27.6 Å². The number of benzene rings is 2. The van der Waals surface area contributed by atoms with E-state index in [4.69, 9.17) is 30.6 Å². The van der Waals surface area contributed by atoms with Gasteiger partial charge < -0.3 is 24.2 Å². The summed E-state index contributed by atoms with van der Waals surface area (Å²) in [7, 11) is 0. The molecule has 8 rings (SSSR count). The number of terminal acetylenes is 1. The number of anilines is 1. The van der Waals surface area contributed by atoms with E-state index in [0.29, 0.717) is 61.5 Å². The quantitative estimate of drug-likeness (QED) is 0.240. The van der Waals surface area contributed by atoms with Crippen molar-refractivity contribution in [2.24, 2.45) is 17.3 Å². The van der Waals surface area contributed by atoms with Gasteiger partial charge in [-0.25, -0.2) is 8.78 Å². The number of hydrogen-bond donors (Lipinski definition) is 1. The van der Waals surface area contributed by atoms with Crippen LogP contribution in [0.1, 0.15) is 44.6 Å². The van der Waals surface area contributed by atoms with E-state index in [0.717, 1.165) is 58.4 Å². The second-order valence-electron chi connectivity index (χ2n) is 14.4. The molecule has 1 aliphatic carbocycles. The summed E-state index contributed by atoms with van der Waals surface area (Å²) in [5.74, 6) is 2.27. The van der Waals surface area contributed by atoms with Crippen molar-refractivity contribution in [3.8, 4) is 35.4 Å². The third-order valence-corrected chi connectivity index (χ3v) is 10.9. The lowest BCUT2D eigenvalue weighted by molar-refractivity contribution is -0.0731. The van der Waals surface area contributed by atoms with Crippen LogP contribution in [0.3, 0.4) is 0 Å². The standard InChI is InChI=1S/C38H41F2N5O4/c1-3-27-30(39)8-7-25-14-26(46)15-28(32(25)27)34-33(40)35-29(16-41-34)36(45-12-13-47-19-23(2)17-45)43-37(42-35)49-22-38-9-4-6-31(38)44(11-5-10-38)18-24-20-48-21-24/h1,7-8,14-16,23-24,31,46H,4-6,9-13,17-22H2,2H3. The first-order valence-corrected chi connectivity index (χ1v) is 17.4. The number of pyridine rings is 1. The van der Waals surface area contributed by atoms with E-state index in [9.17, 15) is 9.50 Å². The second-order valence-corrected chi connectivity index (χ2v) is 14.4. The molecule has 5 heterocycles. The van der Waals surface area contributed by atoms with E-state index < -0.39 is 11.6 Å². The molecule has 11 heteroatoms. The van der Waals surface area contributed by atoms with Gasteiger partial charge in [0.2, 0.25) is 0 Å². The lowest BCUT2D eigenvalue weighted by Gasteiger charge is -2.48. The Labute approximate surface area is 284 Å². The molecule has 0 spiro atoms. The minimum Gasteiger partial charge on any atom is -0.508 e. The number of rotatable bonds is 7. The molecule has 3 saturated heterocycles. The smallest absolute Gasteiger partial charge is 0.319 e. The lowest BCUT2D eigenvalue weighted by atomic mass is 9.75. The normalized spacial score (nSPS) is 24.8. The molecule has 3 aliphatic heterocycles. The van der Waals surface area contributed by atoms with Crippen molar-refractivity contribution < 1.29 is 28.1 Å². The zero-order valence-electron chi connectivity index (χ0n) is 27.8. The van der Waals surface area contributed by atoms with E-state index in [-0.39, 0.29) is 50.8 Å². The molecule has 0 bridgehead atoms. The Morgan fingerprint density at radius 1 is 1.10 bits per heavy atom. The predicted octanol–water partition coefficient (Wildman–Crippen LogP) is 5.94. The van der Waals surface area contributed by atoms with Gasteiger partial charge in [-0.1, -0.05) is 25.3 Å². The fraction of sp³-hybridized carbons (Fsp3) is 0.500. The van der Waals surface area contributed by atoms with Crippen LogP contribution in [-0.2, 0) is 9.47 Å². The van der Waals surface area contributed by atoms with Gasteiger partial charge in [0.15, 0.2) is 5.82 Å². The second kappa shape index (κ2) is 13.0. The Morgan fingerprint density at radius 3 is 2.78 bits per heavy atom. The van der Waals surface area contributed by atoms with Crippen LogP contribution in [0.25, 0.3) is 32.9 Å². The molecule has 2 aromatic heterocycles. The van der Waals surface area contributed by atoms with Crippen molar-refractivity contribution in [2.75, 3.05) is 64.1 Å². The van der Waals surface area contributed by atoms with Crippen molar-refractivity contribution >= 4 is 27.5 Å². The van der Waals surface area contributed by atoms with Crippen LogP contribution >= 0.6 is 0 Å². The van der Waals surface area contributed by atoms with Crippen molar-refractivity contribution in [3.05, 3.63) is 47.7 Å². The third kappa shape index (κ3) is 5.83. The highest BCUT2D eigenvalue weighted by Crippen LogP contribution is 2.48.